The van der Waals surface area contributed by atoms with Crippen LogP contribution < -0.4 is 5.32 Å². The summed E-state index contributed by atoms with van der Waals surface area (Å²) in [6.45, 7) is 14.3. The number of hydrogen-bond donors (Lipinski definition) is 2. The summed E-state index contributed by atoms with van der Waals surface area (Å²) in [5.41, 5.74) is 2.84. The fourth-order valence-electron chi connectivity index (χ4n) is 3.82. The van der Waals surface area contributed by atoms with Gasteiger partial charge in [0.2, 0.25) is 0 Å². The molecule has 0 amide bonds. The maximum atomic E-state index is 9.67. The lowest BCUT2D eigenvalue weighted by atomic mass is 9.85. The van der Waals surface area contributed by atoms with Crippen LogP contribution in [-0.2, 0) is 13.1 Å². The second kappa shape index (κ2) is 9.55. The van der Waals surface area contributed by atoms with Crippen LogP contribution in [0.1, 0.15) is 51.7 Å². The van der Waals surface area contributed by atoms with Gasteiger partial charge in [-0.25, -0.2) is 0 Å². The Morgan fingerprint density at radius 1 is 1.04 bits per heavy atom. The summed E-state index contributed by atoms with van der Waals surface area (Å²) in [7, 11) is 0. The number of nitrogens with one attached hydrogen (secondary N) is 1. The molecule has 1 aliphatic heterocycles. The predicted octanol–water partition coefficient (Wildman–Crippen LogP) is 3.66. The van der Waals surface area contributed by atoms with E-state index >= 15 is 0 Å². The van der Waals surface area contributed by atoms with Crippen LogP contribution in [0.25, 0.3) is 0 Å². The molecule has 0 spiro atoms. The molecule has 1 heterocycles. The molecule has 136 valence electrons. The minimum atomic E-state index is -0.0952. The molecule has 3 heteroatoms. The van der Waals surface area contributed by atoms with Crippen molar-refractivity contribution >= 4 is 0 Å². The third-order valence-electron chi connectivity index (χ3n) is 5.48. The van der Waals surface area contributed by atoms with Crippen molar-refractivity contribution in [3.63, 3.8) is 0 Å². The highest BCUT2D eigenvalue weighted by molar-refractivity contribution is 5.27. The third kappa shape index (κ3) is 5.87. The first-order valence-electron chi connectivity index (χ1n) is 9.65. The molecule has 2 rings (SSSR count). The van der Waals surface area contributed by atoms with Crippen molar-refractivity contribution in [1.82, 2.24) is 10.2 Å². The van der Waals surface area contributed by atoms with Crippen molar-refractivity contribution in [2.24, 2.45) is 17.8 Å². The van der Waals surface area contributed by atoms with E-state index in [1.165, 1.54) is 11.1 Å². The van der Waals surface area contributed by atoms with Gasteiger partial charge in [-0.15, -0.1) is 0 Å². The summed E-state index contributed by atoms with van der Waals surface area (Å²) < 4.78 is 0. The van der Waals surface area contributed by atoms with Crippen LogP contribution in [0.2, 0.25) is 0 Å². The molecule has 1 aliphatic rings. The van der Waals surface area contributed by atoms with Crippen molar-refractivity contribution in [1.29, 1.82) is 0 Å². The lowest BCUT2D eigenvalue weighted by molar-refractivity contribution is 0.0791. The molecule has 1 fully saturated rings. The summed E-state index contributed by atoms with van der Waals surface area (Å²) >= 11 is 0. The van der Waals surface area contributed by atoms with Gasteiger partial charge in [0.15, 0.2) is 0 Å². The lowest BCUT2D eigenvalue weighted by Gasteiger charge is -2.30. The molecular formula is C21H36N2O. The van der Waals surface area contributed by atoms with Crippen LogP contribution in [0.4, 0.5) is 0 Å². The minimum Gasteiger partial charge on any atom is -0.393 e. The summed E-state index contributed by atoms with van der Waals surface area (Å²) in [5, 5.41) is 13.4. The van der Waals surface area contributed by atoms with E-state index in [2.05, 4.69) is 62.2 Å². The zero-order valence-electron chi connectivity index (χ0n) is 16.0. The van der Waals surface area contributed by atoms with Crippen LogP contribution in [0.3, 0.4) is 0 Å². The van der Waals surface area contributed by atoms with E-state index in [-0.39, 0.29) is 6.10 Å². The van der Waals surface area contributed by atoms with Crippen LogP contribution in [0.5, 0.6) is 0 Å². The summed E-state index contributed by atoms with van der Waals surface area (Å²) in [6, 6.07) is 8.79. The zero-order chi connectivity index (χ0) is 17.5. The first-order valence-corrected chi connectivity index (χ1v) is 9.65. The SMILES string of the molecule is CC(C)C(CNCc1ccccc1CN1CCC(O)CC1)C(C)C. The fourth-order valence-corrected chi connectivity index (χ4v) is 3.82. The van der Waals surface area contributed by atoms with Crippen LogP contribution in [-0.4, -0.2) is 35.7 Å². The molecule has 2 N–H and O–H groups in total. The molecule has 0 aromatic heterocycles. The molecule has 0 saturated carbocycles. The van der Waals surface area contributed by atoms with Gasteiger partial charge in [-0.2, -0.15) is 0 Å². The number of benzene rings is 1. The summed E-state index contributed by atoms with van der Waals surface area (Å²) in [4.78, 5) is 2.47. The van der Waals surface area contributed by atoms with Crippen molar-refractivity contribution in [2.45, 2.75) is 59.7 Å². The molecule has 1 aromatic carbocycles. The number of hydrogen-bond acceptors (Lipinski definition) is 3. The average molecular weight is 333 g/mol. The van der Waals surface area contributed by atoms with Crippen molar-refractivity contribution in [3.05, 3.63) is 35.4 Å². The van der Waals surface area contributed by atoms with Gasteiger partial charge in [0.1, 0.15) is 0 Å². The Bertz CT molecular complexity index is 470. The second-order valence-corrected chi connectivity index (χ2v) is 8.06. The Morgan fingerprint density at radius 2 is 1.62 bits per heavy atom. The van der Waals surface area contributed by atoms with Gasteiger partial charge in [0.25, 0.3) is 0 Å². The van der Waals surface area contributed by atoms with E-state index in [9.17, 15) is 5.11 Å². The largest absolute Gasteiger partial charge is 0.393 e. The van der Waals surface area contributed by atoms with Crippen LogP contribution in [0, 0.1) is 17.8 Å². The second-order valence-electron chi connectivity index (χ2n) is 8.06. The molecule has 0 aliphatic carbocycles. The lowest BCUT2D eigenvalue weighted by Crippen LogP contribution is -2.35. The topological polar surface area (TPSA) is 35.5 Å². The van der Waals surface area contributed by atoms with Crippen molar-refractivity contribution in [2.75, 3.05) is 19.6 Å². The monoisotopic (exact) mass is 332 g/mol. The first kappa shape index (κ1) is 19.4. The van der Waals surface area contributed by atoms with E-state index < -0.39 is 0 Å². The minimum absolute atomic E-state index is 0.0952. The van der Waals surface area contributed by atoms with Gasteiger partial charge in [-0.05, 0) is 48.3 Å². The third-order valence-corrected chi connectivity index (χ3v) is 5.48. The fraction of sp³-hybridized carbons (Fsp3) is 0.714. The van der Waals surface area contributed by atoms with Gasteiger partial charge < -0.3 is 10.4 Å². The predicted molar refractivity (Wildman–Crippen MR) is 102 cm³/mol. The normalized spacial score (nSPS) is 17.3. The van der Waals surface area contributed by atoms with E-state index in [0.29, 0.717) is 11.8 Å². The Hall–Kier alpha value is -0.900. The Labute approximate surface area is 148 Å². The van der Waals surface area contributed by atoms with Gasteiger partial charge in [-0.1, -0.05) is 52.0 Å². The number of aliphatic hydroxyl groups is 1. The molecular weight excluding hydrogens is 296 g/mol. The Morgan fingerprint density at radius 3 is 2.21 bits per heavy atom. The maximum Gasteiger partial charge on any atom is 0.0564 e. The Kier molecular flexibility index (Phi) is 7.73. The average Bonchev–Trinajstić information content (AvgIpc) is 2.54. The van der Waals surface area contributed by atoms with E-state index in [4.69, 9.17) is 0 Å². The first-order chi connectivity index (χ1) is 11.5. The number of rotatable bonds is 8. The molecule has 24 heavy (non-hydrogen) atoms. The highest BCUT2D eigenvalue weighted by Crippen LogP contribution is 2.20. The molecule has 0 bridgehead atoms. The molecule has 3 nitrogen and oxygen atoms in total. The number of aliphatic hydroxyl groups excluding tert-OH is 1. The van der Waals surface area contributed by atoms with E-state index in [1.54, 1.807) is 0 Å². The van der Waals surface area contributed by atoms with Crippen molar-refractivity contribution in [3.8, 4) is 0 Å². The van der Waals surface area contributed by atoms with Crippen molar-refractivity contribution < 1.29 is 5.11 Å². The quantitative estimate of drug-likeness (QED) is 0.762. The number of nitrogens with zero attached hydrogens (tertiary/aromatic N) is 1. The Balaban J connectivity index is 1.89. The van der Waals surface area contributed by atoms with Gasteiger partial charge in [0, 0.05) is 26.2 Å². The van der Waals surface area contributed by atoms with Gasteiger partial charge in [-0.3, -0.25) is 4.90 Å². The highest BCUT2D eigenvalue weighted by Gasteiger charge is 2.19. The molecule has 0 radical (unpaired) electrons. The highest BCUT2D eigenvalue weighted by atomic mass is 16.3. The standard InChI is InChI=1S/C21H36N2O/c1-16(2)21(17(3)4)14-22-13-18-7-5-6-8-19(18)15-23-11-9-20(24)10-12-23/h5-8,16-17,20-22,24H,9-15H2,1-4H3. The van der Waals surface area contributed by atoms with E-state index in [0.717, 1.165) is 51.5 Å². The van der Waals surface area contributed by atoms with Gasteiger partial charge >= 0.3 is 0 Å². The van der Waals surface area contributed by atoms with Crippen LogP contribution >= 0.6 is 0 Å². The number of likely N-dealkylation sites (tertiary alicyclic amines) is 1. The summed E-state index contributed by atoms with van der Waals surface area (Å²) in [6.07, 6.45) is 1.72. The van der Waals surface area contributed by atoms with Gasteiger partial charge in [0.05, 0.1) is 6.10 Å². The van der Waals surface area contributed by atoms with Crippen LogP contribution in [0.15, 0.2) is 24.3 Å². The van der Waals surface area contributed by atoms with E-state index in [1.807, 2.05) is 0 Å². The summed E-state index contributed by atoms with van der Waals surface area (Å²) in [5.74, 6) is 2.15. The molecule has 1 saturated heterocycles. The number of piperidine rings is 1. The zero-order valence-corrected chi connectivity index (χ0v) is 16.0. The molecule has 1 aromatic rings. The molecule has 0 unspecified atom stereocenters. The molecule has 0 atom stereocenters. The maximum absolute atomic E-state index is 9.67. The smallest absolute Gasteiger partial charge is 0.0564 e.